The minimum Gasteiger partial charge on any atom is -0.748 e. The number of aromatic nitrogens is 2. The van der Waals surface area contributed by atoms with Gasteiger partial charge in [0.15, 0.2) is 0 Å². The molecule has 116 valence electrons. The van der Waals surface area contributed by atoms with Crippen LogP contribution in [-0.4, -0.2) is 42.0 Å². The Bertz CT molecular complexity index is 592. The van der Waals surface area contributed by atoms with Gasteiger partial charge in [-0.2, -0.15) is 0 Å². The third kappa shape index (κ3) is 6.46. The number of hydrogen-bond acceptors (Lipinski definition) is 6. The summed E-state index contributed by atoms with van der Waals surface area (Å²) in [5.41, 5.74) is 0. The number of nitrogens with zero attached hydrogens (tertiary/aromatic N) is 2. The summed E-state index contributed by atoms with van der Waals surface area (Å²) in [5, 5.41) is 0. The van der Waals surface area contributed by atoms with Crippen LogP contribution in [0.3, 0.4) is 0 Å². The molecule has 20 heavy (non-hydrogen) atoms. The highest BCUT2D eigenvalue weighted by atomic mass is 32.2. The Balaban J connectivity index is 2.52. The fourth-order valence-electron chi connectivity index (χ4n) is 1.84. The van der Waals surface area contributed by atoms with Gasteiger partial charge in [0.2, 0.25) is 0 Å². The summed E-state index contributed by atoms with van der Waals surface area (Å²) in [4.78, 5) is 0. The average Bonchev–Trinajstić information content (AvgIpc) is 2.58. The number of aryl methyl sites for hydroxylation is 2. The van der Waals surface area contributed by atoms with E-state index in [1.165, 1.54) is 0 Å². The summed E-state index contributed by atoms with van der Waals surface area (Å²) in [6.07, 6.45) is 3.88. The van der Waals surface area contributed by atoms with Crippen molar-refractivity contribution in [1.82, 2.24) is 4.57 Å². The third-order valence-corrected chi connectivity index (χ3v) is 4.42. The van der Waals surface area contributed by atoms with Crippen molar-refractivity contribution >= 4 is 20.2 Å². The Morgan fingerprint density at radius 1 is 1.10 bits per heavy atom. The highest BCUT2D eigenvalue weighted by molar-refractivity contribution is 7.85. The zero-order valence-corrected chi connectivity index (χ0v) is 12.7. The van der Waals surface area contributed by atoms with Crippen LogP contribution in [0.2, 0.25) is 0 Å². The van der Waals surface area contributed by atoms with Crippen molar-refractivity contribution < 1.29 is 30.5 Å². The van der Waals surface area contributed by atoms with E-state index in [1.54, 1.807) is 28.5 Å². The van der Waals surface area contributed by atoms with Gasteiger partial charge in [0.1, 0.15) is 12.4 Å². The Hall–Kier alpha value is -0.970. The standard InChI is InChI=1S/C10H18N2O6S2/c1-10-11(4-2-8-19(13,14)15)6-7-12(10)5-3-9-20(16,17)18/h6-7H,2-5,8-9H2,1H3,(H-,13,14,15,16,17,18)/p-1. The molecule has 0 unspecified atom stereocenters. The van der Waals surface area contributed by atoms with Gasteiger partial charge in [0.05, 0.1) is 33.3 Å². The zero-order chi connectivity index (χ0) is 15.4. The predicted molar refractivity (Wildman–Crippen MR) is 67.7 cm³/mol. The molecular weight excluding hydrogens is 308 g/mol. The highest BCUT2D eigenvalue weighted by Gasteiger charge is 2.12. The first-order chi connectivity index (χ1) is 9.08. The van der Waals surface area contributed by atoms with Crippen molar-refractivity contribution in [3.8, 4) is 0 Å². The van der Waals surface area contributed by atoms with E-state index in [-0.39, 0.29) is 12.8 Å². The van der Waals surface area contributed by atoms with E-state index in [1.807, 2.05) is 0 Å². The van der Waals surface area contributed by atoms with Crippen molar-refractivity contribution in [2.24, 2.45) is 0 Å². The number of hydrogen-bond donors (Lipinski definition) is 0. The van der Waals surface area contributed by atoms with Crippen LogP contribution in [0.15, 0.2) is 12.4 Å². The molecular formula is C10H17N2O6S2-. The third-order valence-electron chi connectivity index (χ3n) is 2.84. The summed E-state index contributed by atoms with van der Waals surface area (Å²) in [6.45, 7) is 2.57. The molecule has 0 radical (unpaired) electrons. The van der Waals surface area contributed by atoms with Crippen LogP contribution in [0.1, 0.15) is 18.7 Å². The van der Waals surface area contributed by atoms with Gasteiger partial charge >= 0.3 is 0 Å². The minimum absolute atomic E-state index is 0.219. The average molecular weight is 325 g/mol. The van der Waals surface area contributed by atoms with Crippen LogP contribution in [0, 0.1) is 6.92 Å². The first-order valence-corrected chi connectivity index (χ1v) is 9.16. The molecule has 1 aromatic heterocycles. The molecule has 10 heteroatoms. The largest absolute Gasteiger partial charge is 0.748 e. The summed E-state index contributed by atoms with van der Waals surface area (Å²) >= 11 is 0. The topological polar surface area (TPSA) is 123 Å². The van der Waals surface area contributed by atoms with Crippen molar-refractivity contribution in [3.05, 3.63) is 18.2 Å². The molecule has 0 amide bonds. The second-order valence-corrected chi connectivity index (χ2v) is 7.51. The molecule has 0 fully saturated rings. The van der Waals surface area contributed by atoms with Crippen molar-refractivity contribution in [1.29, 1.82) is 0 Å². The number of imidazole rings is 1. The van der Waals surface area contributed by atoms with E-state index >= 15 is 0 Å². The quantitative estimate of drug-likeness (QED) is 0.444. The van der Waals surface area contributed by atoms with E-state index < -0.39 is 31.7 Å². The molecule has 0 saturated carbocycles. The first-order valence-electron chi connectivity index (χ1n) is 6.01. The van der Waals surface area contributed by atoms with Crippen LogP contribution < -0.4 is 4.57 Å². The molecule has 0 aliphatic carbocycles. The molecule has 0 spiro atoms. The van der Waals surface area contributed by atoms with Crippen molar-refractivity contribution in [3.63, 3.8) is 0 Å². The summed E-state index contributed by atoms with van der Waals surface area (Å²) in [5.74, 6) is -0.0328. The molecule has 0 bridgehead atoms. The van der Waals surface area contributed by atoms with E-state index in [9.17, 15) is 25.9 Å². The van der Waals surface area contributed by atoms with E-state index in [4.69, 9.17) is 0 Å². The fraction of sp³-hybridized carbons (Fsp3) is 0.700. The molecule has 8 nitrogen and oxygen atoms in total. The predicted octanol–water partition coefficient (Wildman–Crippen LogP) is -1.05. The van der Waals surface area contributed by atoms with Gasteiger partial charge in [-0.1, -0.05) is 0 Å². The maximum Gasteiger partial charge on any atom is 0.253 e. The Morgan fingerprint density at radius 3 is 2.20 bits per heavy atom. The van der Waals surface area contributed by atoms with Crippen LogP contribution in [0.5, 0.6) is 0 Å². The molecule has 1 aromatic rings. The van der Waals surface area contributed by atoms with E-state index in [0.717, 1.165) is 5.82 Å². The fourth-order valence-corrected chi connectivity index (χ4v) is 2.80. The van der Waals surface area contributed by atoms with Gasteiger partial charge in [-0.25, -0.2) is 26.0 Å². The van der Waals surface area contributed by atoms with E-state index in [0.29, 0.717) is 13.1 Å². The monoisotopic (exact) mass is 325 g/mol. The molecule has 0 aromatic carbocycles. The van der Waals surface area contributed by atoms with Crippen molar-refractivity contribution in [2.75, 3.05) is 11.5 Å². The van der Waals surface area contributed by atoms with Gasteiger partial charge in [0, 0.05) is 18.4 Å². The molecule has 0 saturated heterocycles. The zero-order valence-electron chi connectivity index (χ0n) is 11.1. The minimum atomic E-state index is -4.20. The Labute approximate surface area is 118 Å². The second-order valence-electron chi connectivity index (χ2n) is 4.46. The Kier molecular flexibility index (Phi) is 5.68. The number of rotatable bonds is 8. The molecule has 0 N–H and O–H groups in total. The summed E-state index contributed by atoms with van der Waals surface area (Å²) in [6, 6.07) is 0. The van der Waals surface area contributed by atoms with Gasteiger partial charge in [-0.05, 0) is 12.8 Å². The lowest BCUT2D eigenvalue weighted by Gasteiger charge is -2.06. The lowest BCUT2D eigenvalue weighted by molar-refractivity contribution is -0.702. The lowest BCUT2D eigenvalue weighted by atomic mass is 10.4. The second kappa shape index (κ2) is 6.66. The van der Waals surface area contributed by atoms with E-state index in [2.05, 4.69) is 0 Å². The van der Waals surface area contributed by atoms with Crippen LogP contribution in [-0.2, 0) is 33.3 Å². The van der Waals surface area contributed by atoms with Gasteiger partial charge in [-0.3, -0.25) is 0 Å². The van der Waals surface area contributed by atoms with Gasteiger partial charge in [-0.15, -0.1) is 0 Å². The normalized spacial score (nSPS) is 12.8. The van der Waals surface area contributed by atoms with Gasteiger partial charge < -0.3 is 9.11 Å². The molecule has 1 rings (SSSR count). The highest BCUT2D eigenvalue weighted by Crippen LogP contribution is 1.99. The van der Waals surface area contributed by atoms with Crippen LogP contribution in [0.25, 0.3) is 0 Å². The summed E-state index contributed by atoms with van der Waals surface area (Å²) < 4.78 is 66.5. The molecule has 0 atom stereocenters. The SMILES string of the molecule is Cc1n(CCCS(=O)(=O)[O-])cc[n+]1CCCS(=O)(=O)[O-]. The van der Waals surface area contributed by atoms with Crippen molar-refractivity contribution in [2.45, 2.75) is 32.9 Å². The van der Waals surface area contributed by atoms with Crippen LogP contribution in [0.4, 0.5) is 0 Å². The maximum absolute atomic E-state index is 10.5. The maximum atomic E-state index is 10.5. The van der Waals surface area contributed by atoms with Crippen LogP contribution >= 0.6 is 0 Å². The molecule has 1 heterocycles. The Morgan fingerprint density at radius 2 is 1.65 bits per heavy atom. The lowest BCUT2D eigenvalue weighted by Crippen LogP contribution is -2.36. The smallest absolute Gasteiger partial charge is 0.253 e. The molecule has 0 aliphatic heterocycles. The first kappa shape index (κ1) is 17.1. The van der Waals surface area contributed by atoms with Gasteiger partial charge in [0.25, 0.3) is 5.82 Å². The molecule has 0 aliphatic rings. The summed E-state index contributed by atoms with van der Waals surface area (Å²) in [7, 11) is -8.40.